The fraction of sp³-hybridized carbons (Fsp3) is 1.00. The molecule has 0 saturated carbocycles. The molecule has 0 aromatic carbocycles. The standard InChI is InChI=1S/C7H17ClO2Si/c1-4-9-7(8,6-11-3)10-5-2/h4-6,11H2,1-3H3. The van der Waals surface area contributed by atoms with E-state index in [9.17, 15) is 0 Å². The van der Waals surface area contributed by atoms with Crippen molar-refractivity contribution in [1.82, 2.24) is 0 Å². The zero-order chi connectivity index (χ0) is 8.74. The van der Waals surface area contributed by atoms with Crippen LogP contribution < -0.4 is 0 Å². The average molecular weight is 197 g/mol. The van der Waals surface area contributed by atoms with E-state index in [2.05, 4.69) is 6.55 Å². The zero-order valence-corrected chi connectivity index (χ0v) is 9.69. The quantitative estimate of drug-likeness (QED) is 0.365. The molecule has 0 aliphatic carbocycles. The second-order valence-electron chi connectivity index (χ2n) is 2.28. The molecule has 0 fully saturated rings. The summed E-state index contributed by atoms with van der Waals surface area (Å²) in [5.74, 6) is 0. The molecule has 68 valence electrons. The molecule has 11 heavy (non-hydrogen) atoms. The zero-order valence-electron chi connectivity index (χ0n) is 7.52. The lowest BCUT2D eigenvalue weighted by Gasteiger charge is -2.25. The van der Waals surface area contributed by atoms with Crippen LogP contribution in [0.5, 0.6) is 0 Å². The van der Waals surface area contributed by atoms with E-state index in [1.54, 1.807) is 0 Å². The Kier molecular flexibility index (Phi) is 6.23. The molecule has 0 aromatic rings. The first-order valence-corrected chi connectivity index (χ1v) is 6.94. The monoisotopic (exact) mass is 196 g/mol. The third-order valence-electron chi connectivity index (χ3n) is 1.27. The van der Waals surface area contributed by atoms with Gasteiger partial charge < -0.3 is 9.47 Å². The molecule has 0 aliphatic heterocycles. The molecule has 0 unspecified atom stereocenters. The maximum atomic E-state index is 6.03. The minimum absolute atomic E-state index is 0.113. The average Bonchev–Trinajstić information content (AvgIpc) is 1.88. The van der Waals surface area contributed by atoms with Crippen LogP contribution in [0.15, 0.2) is 0 Å². The lowest BCUT2D eigenvalue weighted by atomic mass is 10.7. The van der Waals surface area contributed by atoms with Crippen molar-refractivity contribution in [2.75, 3.05) is 13.2 Å². The summed E-state index contributed by atoms with van der Waals surface area (Å²) in [5.41, 5.74) is 0. The first-order valence-electron chi connectivity index (χ1n) is 4.15. The maximum absolute atomic E-state index is 6.03. The Labute approximate surface area is 76.0 Å². The lowest BCUT2D eigenvalue weighted by Crippen LogP contribution is -2.30. The molecular weight excluding hydrogens is 180 g/mol. The van der Waals surface area contributed by atoms with Crippen LogP contribution in [0.2, 0.25) is 12.6 Å². The van der Waals surface area contributed by atoms with Crippen molar-refractivity contribution in [3.05, 3.63) is 0 Å². The Bertz CT molecular complexity index is 83.4. The molecule has 0 amide bonds. The largest absolute Gasteiger partial charge is 0.338 e. The van der Waals surface area contributed by atoms with Gasteiger partial charge in [-0.3, -0.25) is 0 Å². The number of hydrogen-bond donors (Lipinski definition) is 0. The smallest absolute Gasteiger partial charge is 0.245 e. The van der Waals surface area contributed by atoms with E-state index < -0.39 is 5.25 Å². The van der Waals surface area contributed by atoms with Crippen molar-refractivity contribution in [1.29, 1.82) is 0 Å². The van der Waals surface area contributed by atoms with Gasteiger partial charge in [0.25, 0.3) is 0 Å². The molecule has 0 saturated heterocycles. The Morgan fingerprint density at radius 2 is 1.73 bits per heavy atom. The van der Waals surface area contributed by atoms with E-state index in [-0.39, 0.29) is 9.52 Å². The predicted molar refractivity (Wildman–Crippen MR) is 51.1 cm³/mol. The van der Waals surface area contributed by atoms with Crippen molar-refractivity contribution in [3.63, 3.8) is 0 Å². The van der Waals surface area contributed by atoms with E-state index in [1.807, 2.05) is 13.8 Å². The third-order valence-corrected chi connectivity index (χ3v) is 3.15. The fourth-order valence-electron chi connectivity index (χ4n) is 0.916. The maximum Gasteiger partial charge on any atom is 0.245 e. The van der Waals surface area contributed by atoms with Crippen LogP contribution in [0, 0.1) is 0 Å². The summed E-state index contributed by atoms with van der Waals surface area (Å²) in [6.07, 6.45) is 0. The van der Waals surface area contributed by atoms with E-state index in [0.717, 1.165) is 6.04 Å². The van der Waals surface area contributed by atoms with Crippen LogP contribution in [0.25, 0.3) is 0 Å². The van der Waals surface area contributed by atoms with E-state index in [1.165, 1.54) is 0 Å². The highest BCUT2D eigenvalue weighted by atomic mass is 35.5. The summed E-state index contributed by atoms with van der Waals surface area (Å²) in [6, 6.07) is 0.871. The minimum Gasteiger partial charge on any atom is -0.338 e. The van der Waals surface area contributed by atoms with Crippen molar-refractivity contribution < 1.29 is 9.47 Å². The number of alkyl halides is 1. The van der Waals surface area contributed by atoms with Gasteiger partial charge in [0.05, 0.1) is 0 Å². The molecule has 0 rings (SSSR count). The molecule has 0 aromatic heterocycles. The van der Waals surface area contributed by atoms with Crippen molar-refractivity contribution in [2.24, 2.45) is 0 Å². The summed E-state index contributed by atoms with van der Waals surface area (Å²) in [6.45, 7) is 7.26. The minimum atomic E-state index is -0.815. The van der Waals surface area contributed by atoms with E-state index in [0.29, 0.717) is 13.2 Å². The van der Waals surface area contributed by atoms with E-state index >= 15 is 0 Å². The van der Waals surface area contributed by atoms with Crippen LogP contribution in [0.4, 0.5) is 0 Å². The topological polar surface area (TPSA) is 18.5 Å². The SMILES string of the molecule is CCOC(Cl)(C[SiH2]C)OCC. The number of halogens is 1. The van der Waals surface area contributed by atoms with Crippen molar-refractivity contribution >= 4 is 21.1 Å². The van der Waals surface area contributed by atoms with E-state index in [4.69, 9.17) is 21.1 Å². The molecule has 2 nitrogen and oxygen atoms in total. The molecule has 0 spiro atoms. The summed E-state index contributed by atoms with van der Waals surface area (Å²) in [5, 5.41) is -0.815. The molecule has 0 atom stereocenters. The first kappa shape index (κ1) is 11.4. The van der Waals surface area contributed by atoms with Gasteiger partial charge in [0.2, 0.25) is 5.25 Å². The van der Waals surface area contributed by atoms with Crippen LogP contribution in [-0.2, 0) is 9.47 Å². The van der Waals surface area contributed by atoms with Crippen LogP contribution in [0.3, 0.4) is 0 Å². The summed E-state index contributed by atoms with van der Waals surface area (Å²) >= 11 is 6.03. The van der Waals surface area contributed by atoms with Gasteiger partial charge in [-0.2, -0.15) is 0 Å². The fourth-order valence-corrected chi connectivity index (χ4v) is 2.59. The molecule has 0 radical (unpaired) electrons. The Balaban J connectivity index is 3.79. The summed E-state index contributed by atoms with van der Waals surface area (Å²) < 4.78 is 10.6. The van der Waals surface area contributed by atoms with Crippen molar-refractivity contribution in [3.8, 4) is 0 Å². The summed E-state index contributed by atoms with van der Waals surface area (Å²) in [7, 11) is -0.113. The van der Waals surface area contributed by atoms with Gasteiger partial charge in [0.15, 0.2) is 0 Å². The van der Waals surface area contributed by atoms with Gasteiger partial charge in [-0.1, -0.05) is 18.1 Å². The Morgan fingerprint density at radius 3 is 2.00 bits per heavy atom. The highest BCUT2D eigenvalue weighted by Crippen LogP contribution is 2.23. The first-order chi connectivity index (χ1) is 5.18. The molecule has 0 bridgehead atoms. The Hall–Kier alpha value is 0.427. The normalized spacial score (nSPS) is 13.1. The molecule has 0 heterocycles. The number of ether oxygens (including phenoxy) is 2. The van der Waals surface area contributed by atoms with Gasteiger partial charge in [0.1, 0.15) is 0 Å². The number of hydrogen-bond acceptors (Lipinski definition) is 2. The number of rotatable bonds is 6. The van der Waals surface area contributed by atoms with Crippen molar-refractivity contribution in [2.45, 2.75) is 31.7 Å². The van der Waals surface area contributed by atoms with Gasteiger partial charge in [-0.15, -0.1) is 0 Å². The predicted octanol–water partition coefficient (Wildman–Crippen LogP) is 1.59. The highest BCUT2D eigenvalue weighted by Gasteiger charge is 2.26. The Morgan fingerprint density at radius 1 is 1.27 bits per heavy atom. The highest BCUT2D eigenvalue weighted by molar-refractivity contribution is 6.37. The second-order valence-corrected chi connectivity index (χ2v) is 4.35. The van der Waals surface area contributed by atoms with Crippen LogP contribution >= 0.6 is 11.6 Å². The summed E-state index contributed by atoms with van der Waals surface area (Å²) in [4.78, 5) is 0. The molecule has 0 aliphatic rings. The van der Waals surface area contributed by atoms with Crippen LogP contribution in [0.1, 0.15) is 13.8 Å². The molecule has 4 heteroatoms. The van der Waals surface area contributed by atoms with Crippen LogP contribution in [-0.4, -0.2) is 28.0 Å². The van der Waals surface area contributed by atoms with Gasteiger partial charge in [-0.05, 0) is 13.8 Å². The third kappa shape index (κ3) is 4.79. The second kappa shape index (κ2) is 6.00. The van der Waals surface area contributed by atoms with Gasteiger partial charge >= 0.3 is 0 Å². The van der Waals surface area contributed by atoms with Gasteiger partial charge in [0, 0.05) is 28.8 Å². The lowest BCUT2D eigenvalue weighted by molar-refractivity contribution is -0.159. The molecule has 0 N–H and O–H groups in total. The molecular formula is C7H17ClO2Si. The van der Waals surface area contributed by atoms with Gasteiger partial charge in [-0.25, -0.2) is 0 Å².